The largest absolute Gasteiger partial charge is 0.480 e. The van der Waals surface area contributed by atoms with Crippen LogP contribution in [-0.4, -0.2) is 66.4 Å². The van der Waals surface area contributed by atoms with Gasteiger partial charge in [0.1, 0.15) is 13.1 Å². The summed E-state index contributed by atoms with van der Waals surface area (Å²) in [5, 5.41) is 29.8. The van der Waals surface area contributed by atoms with Crippen LogP contribution in [0, 0.1) is 0 Å². The summed E-state index contributed by atoms with van der Waals surface area (Å²) in [7, 11) is 1.47. The van der Waals surface area contributed by atoms with Crippen LogP contribution in [0.15, 0.2) is 0 Å². The summed E-state index contributed by atoms with van der Waals surface area (Å²) < 4.78 is 0. The molecule has 1 heterocycles. The van der Waals surface area contributed by atoms with E-state index in [2.05, 4.69) is 20.7 Å². The number of tetrazole rings is 1. The molecule has 0 aromatic carbocycles. The lowest BCUT2D eigenvalue weighted by atomic mass is 10.5. The van der Waals surface area contributed by atoms with Crippen molar-refractivity contribution in [3.8, 4) is 0 Å². The van der Waals surface area contributed by atoms with E-state index in [-0.39, 0.29) is 5.95 Å². The maximum atomic E-state index is 11.6. The number of aliphatic carboxylic acids is 2. The number of amides is 2. The normalized spacial score (nSPS) is 9.83. The van der Waals surface area contributed by atoms with Crippen LogP contribution in [0.2, 0.25) is 0 Å². The fourth-order valence-corrected chi connectivity index (χ4v) is 1.03. The number of anilines is 1. The van der Waals surface area contributed by atoms with E-state index < -0.39 is 31.1 Å². The number of hydrogen-bond acceptors (Lipinski definition) is 6. The van der Waals surface area contributed by atoms with Crippen LogP contribution in [-0.2, 0) is 16.6 Å². The Hall–Kier alpha value is -2.72. The highest BCUT2D eigenvalue weighted by Crippen LogP contribution is 1.98. The van der Waals surface area contributed by atoms with Crippen LogP contribution in [0.25, 0.3) is 0 Å². The Balaban J connectivity index is 2.69. The number of urea groups is 1. The first-order valence-corrected chi connectivity index (χ1v) is 4.62. The smallest absolute Gasteiger partial charge is 0.325 e. The molecule has 11 nitrogen and oxygen atoms in total. The van der Waals surface area contributed by atoms with Gasteiger partial charge in [0.05, 0.1) is 7.05 Å². The van der Waals surface area contributed by atoms with Crippen LogP contribution >= 0.6 is 0 Å². The van der Waals surface area contributed by atoms with Crippen molar-refractivity contribution >= 4 is 23.9 Å². The minimum Gasteiger partial charge on any atom is -0.480 e. The number of aryl methyl sites for hydroxylation is 1. The minimum absolute atomic E-state index is 0.150. The summed E-state index contributed by atoms with van der Waals surface area (Å²) in [5.41, 5.74) is 0. The lowest BCUT2D eigenvalue weighted by molar-refractivity contribution is -0.140. The summed E-state index contributed by atoms with van der Waals surface area (Å²) >= 11 is 0. The molecule has 0 aliphatic carbocycles. The van der Waals surface area contributed by atoms with Crippen LogP contribution in [0.1, 0.15) is 0 Å². The molecule has 3 N–H and O–H groups in total. The van der Waals surface area contributed by atoms with Gasteiger partial charge < -0.3 is 15.1 Å². The second kappa shape index (κ2) is 5.56. The first-order chi connectivity index (χ1) is 8.38. The van der Waals surface area contributed by atoms with Crippen molar-refractivity contribution in [1.29, 1.82) is 0 Å². The lowest BCUT2D eigenvalue weighted by Crippen LogP contribution is -2.42. The Labute approximate surface area is 100.0 Å². The molecule has 18 heavy (non-hydrogen) atoms. The second-order valence-electron chi connectivity index (χ2n) is 3.18. The van der Waals surface area contributed by atoms with Crippen LogP contribution < -0.4 is 5.32 Å². The third-order valence-corrected chi connectivity index (χ3v) is 1.67. The topological polar surface area (TPSA) is 151 Å². The quantitative estimate of drug-likeness (QED) is 0.560. The van der Waals surface area contributed by atoms with E-state index in [1.54, 1.807) is 0 Å². The molecule has 98 valence electrons. The number of hydrogen-bond donors (Lipinski definition) is 3. The zero-order valence-corrected chi connectivity index (χ0v) is 9.27. The lowest BCUT2D eigenvalue weighted by Gasteiger charge is -2.17. The number of carbonyl (C=O) groups is 3. The summed E-state index contributed by atoms with van der Waals surface area (Å²) in [4.78, 5) is 34.2. The van der Waals surface area contributed by atoms with Gasteiger partial charge in [0, 0.05) is 0 Å². The van der Waals surface area contributed by atoms with Crippen molar-refractivity contribution in [1.82, 2.24) is 25.1 Å². The molecule has 1 aromatic heterocycles. The van der Waals surface area contributed by atoms with E-state index in [1.165, 1.54) is 7.05 Å². The Kier molecular flexibility index (Phi) is 4.12. The van der Waals surface area contributed by atoms with Gasteiger partial charge in [-0.15, -0.1) is 5.10 Å². The van der Waals surface area contributed by atoms with E-state index in [1.807, 2.05) is 0 Å². The van der Waals surface area contributed by atoms with Crippen molar-refractivity contribution in [2.45, 2.75) is 0 Å². The minimum atomic E-state index is -1.33. The van der Waals surface area contributed by atoms with Gasteiger partial charge in [0.2, 0.25) is 0 Å². The Morgan fingerprint density at radius 3 is 2.22 bits per heavy atom. The molecule has 0 aliphatic heterocycles. The van der Waals surface area contributed by atoms with Gasteiger partial charge in [-0.25, -0.2) is 4.79 Å². The first-order valence-electron chi connectivity index (χ1n) is 4.62. The predicted molar refractivity (Wildman–Crippen MR) is 54.7 cm³/mol. The molecule has 0 aliphatic rings. The molecule has 0 unspecified atom stereocenters. The summed E-state index contributed by atoms with van der Waals surface area (Å²) in [6, 6.07) is -0.937. The Morgan fingerprint density at radius 1 is 1.28 bits per heavy atom. The number of carboxylic acids is 2. The average molecular weight is 258 g/mol. The van der Waals surface area contributed by atoms with E-state index in [4.69, 9.17) is 10.2 Å². The maximum absolute atomic E-state index is 11.6. The van der Waals surface area contributed by atoms with E-state index in [9.17, 15) is 14.4 Å². The Morgan fingerprint density at radius 2 is 1.83 bits per heavy atom. The number of carboxylic acid groups (broad SMARTS) is 2. The first kappa shape index (κ1) is 13.3. The second-order valence-corrected chi connectivity index (χ2v) is 3.18. The Bertz CT molecular complexity index is 455. The zero-order chi connectivity index (χ0) is 13.7. The van der Waals surface area contributed by atoms with Gasteiger partial charge >= 0.3 is 18.0 Å². The SMILES string of the molecule is Cn1nnc(NC(=O)N(CC(=O)O)CC(=O)O)n1. The average Bonchev–Trinajstić information content (AvgIpc) is 2.61. The molecular weight excluding hydrogens is 248 g/mol. The van der Waals surface area contributed by atoms with E-state index >= 15 is 0 Å². The number of rotatable bonds is 5. The van der Waals surface area contributed by atoms with Crippen molar-refractivity contribution in [2.24, 2.45) is 7.05 Å². The number of carbonyl (C=O) groups excluding carboxylic acids is 1. The maximum Gasteiger partial charge on any atom is 0.325 e. The van der Waals surface area contributed by atoms with Gasteiger partial charge in [0.15, 0.2) is 0 Å². The van der Waals surface area contributed by atoms with Gasteiger partial charge in [-0.1, -0.05) is 5.10 Å². The van der Waals surface area contributed by atoms with Gasteiger partial charge in [0.25, 0.3) is 5.95 Å². The standard InChI is InChI=1S/C7H10N6O5/c1-12-10-6(9-11-12)8-7(18)13(2-4(14)15)3-5(16)17/h2-3H2,1H3,(H,14,15)(H,16,17)(H,8,10,18). The van der Waals surface area contributed by atoms with E-state index in [0.717, 1.165) is 4.80 Å². The third-order valence-electron chi connectivity index (χ3n) is 1.67. The molecule has 0 saturated carbocycles. The highest BCUT2D eigenvalue weighted by molar-refractivity contribution is 5.91. The van der Waals surface area contributed by atoms with Crippen LogP contribution in [0.4, 0.5) is 10.7 Å². The molecule has 1 aromatic rings. The molecule has 2 amide bonds. The summed E-state index contributed by atoms with van der Waals surface area (Å²) in [5.74, 6) is -2.82. The van der Waals surface area contributed by atoms with Crippen LogP contribution in [0.5, 0.6) is 0 Å². The zero-order valence-electron chi connectivity index (χ0n) is 9.27. The highest BCUT2D eigenvalue weighted by atomic mass is 16.4. The third kappa shape index (κ3) is 4.03. The molecule has 0 saturated heterocycles. The fourth-order valence-electron chi connectivity index (χ4n) is 1.03. The molecule has 11 heteroatoms. The van der Waals surface area contributed by atoms with E-state index in [0.29, 0.717) is 4.90 Å². The molecule has 0 fully saturated rings. The summed E-state index contributed by atoms with van der Waals surface area (Å²) in [6.45, 7) is -1.50. The molecule has 0 bridgehead atoms. The number of nitrogens with one attached hydrogen (secondary N) is 1. The molecule has 0 radical (unpaired) electrons. The van der Waals surface area contributed by atoms with Gasteiger partial charge in [-0.05, 0) is 5.21 Å². The van der Waals surface area contributed by atoms with Crippen LogP contribution in [0.3, 0.4) is 0 Å². The van der Waals surface area contributed by atoms with Crippen molar-refractivity contribution in [3.63, 3.8) is 0 Å². The van der Waals surface area contributed by atoms with Crippen molar-refractivity contribution in [2.75, 3.05) is 18.4 Å². The highest BCUT2D eigenvalue weighted by Gasteiger charge is 2.20. The van der Waals surface area contributed by atoms with Gasteiger partial charge in [-0.2, -0.15) is 4.80 Å². The number of aromatic nitrogens is 4. The molecule has 1 rings (SSSR count). The molecular formula is C7H10N6O5. The fraction of sp³-hybridized carbons (Fsp3) is 0.429. The summed E-state index contributed by atoms with van der Waals surface area (Å²) in [6.07, 6.45) is 0. The molecule has 0 atom stereocenters. The number of nitrogens with zero attached hydrogens (tertiary/aromatic N) is 5. The monoisotopic (exact) mass is 258 g/mol. The van der Waals surface area contributed by atoms with Gasteiger partial charge in [-0.3, -0.25) is 14.9 Å². The molecule has 0 spiro atoms. The predicted octanol–water partition coefficient (Wildman–Crippen LogP) is -1.79. The van der Waals surface area contributed by atoms with Crippen molar-refractivity contribution in [3.05, 3.63) is 0 Å². The van der Waals surface area contributed by atoms with Crippen molar-refractivity contribution < 1.29 is 24.6 Å².